The first-order valence-electron chi connectivity index (χ1n) is 10.6. The average Bonchev–Trinajstić information content (AvgIpc) is 3.39. The summed E-state index contributed by atoms with van der Waals surface area (Å²) < 4.78 is 8.12. The second-order valence-corrected chi connectivity index (χ2v) is 8.94. The number of nitrogens with zero attached hydrogens (tertiary/aromatic N) is 4. The number of imidazole rings is 1. The van der Waals surface area contributed by atoms with Gasteiger partial charge >= 0.3 is 0 Å². The van der Waals surface area contributed by atoms with E-state index in [9.17, 15) is 0 Å². The second-order valence-electron chi connectivity index (χ2n) is 7.66. The van der Waals surface area contributed by atoms with Crippen molar-refractivity contribution in [3.63, 3.8) is 0 Å². The van der Waals surface area contributed by atoms with Crippen molar-refractivity contribution in [3.8, 4) is 28.7 Å². The van der Waals surface area contributed by atoms with E-state index in [-0.39, 0.29) is 5.92 Å². The molecule has 0 bridgehead atoms. The molecule has 1 atom stereocenters. The topological polar surface area (TPSA) is 56.7 Å². The second kappa shape index (κ2) is 9.65. The van der Waals surface area contributed by atoms with Crippen LogP contribution in [0.1, 0.15) is 51.1 Å². The predicted molar refractivity (Wildman–Crippen MR) is 130 cm³/mol. The Hall–Kier alpha value is -2.34. The van der Waals surface area contributed by atoms with Gasteiger partial charge in [0.15, 0.2) is 0 Å². The normalized spacial score (nSPS) is 12.3. The number of rotatable bonds is 7. The van der Waals surface area contributed by atoms with Crippen LogP contribution in [0.4, 0.5) is 0 Å². The van der Waals surface area contributed by atoms with Gasteiger partial charge in [-0.05, 0) is 55.3 Å². The summed E-state index contributed by atoms with van der Waals surface area (Å²) >= 11 is 18.8. The first kappa shape index (κ1) is 22.8. The third kappa shape index (κ3) is 4.42. The first-order valence-corrected chi connectivity index (χ1v) is 11.7. The number of hydrogen-bond acceptors (Lipinski definition) is 4. The van der Waals surface area contributed by atoms with Gasteiger partial charge in [-0.3, -0.25) is 4.57 Å². The summed E-state index contributed by atoms with van der Waals surface area (Å²) in [7, 11) is 0. The van der Waals surface area contributed by atoms with Gasteiger partial charge in [0.25, 0.3) is 5.89 Å². The van der Waals surface area contributed by atoms with Gasteiger partial charge in [-0.2, -0.15) is 0 Å². The van der Waals surface area contributed by atoms with Crippen LogP contribution in [0.5, 0.6) is 0 Å². The maximum atomic E-state index is 6.57. The summed E-state index contributed by atoms with van der Waals surface area (Å²) in [6, 6.07) is 13.0. The fraction of sp³-hybridized carbons (Fsp3) is 0.292. The molecule has 2 aromatic carbocycles. The Balaban J connectivity index is 1.93. The van der Waals surface area contributed by atoms with Crippen molar-refractivity contribution >= 4 is 34.8 Å². The van der Waals surface area contributed by atoms with Crippen LogP contribution >= 0.6 is 34.8 Å². The Morgan fingerprint density at radius 2 is 1.69 bits per heavy atom. The molecule has 0 aliphatic carbocycles. The molecule has 0 amide bonds. The molecule has 0 saturated carbocycles. The summed E-state index contributed by atoms with van der Waals surface area (Å²) in [6.45, 7) is 6.29. The van der Waals surface area contributed by atoms with Crippen LogP contribution in [0.25, 0.3) is 28.7 Å². The molecule has 2 aromatic heterocycles. The van der Waals surface area contributed by atoms with Crippen LogP contribution in [0.3, 0.4) is 0 Å². The van der Waals surface area contributed by atoms with E-state index in [1.807, 2.05) is 30.3 Å². The standard InChI is InChI=1S/C24H23Cl3N4O/c1-4-6-14(3)23-29-30-24(32-23)21-20(5-2)31(17-10-7-15(25)8-11-17)22(28-21)18-12-9-16(26)13-19(18)27/h7-14H,4-6H2,1-3H3. The maximum absolute atomic E-state index is 6.57. The quantitative estimate of drug-likeness (QED) is 0.264. The monoisotopic (exact) mass is 488 g/mol. The summed E-state index contributed by atoms with van der Waals surface area (Å²) in [6.07, 6.45) is 2.72. The molecule has 1 unspecified atom stereocenters. The Bertz CT molecular complexity index is 1230. The number of hydrogen-bond donors (Lipinski definition) is 0. The molecular weight excluding hydrogens is 467 g/mol. The zero-order valence-corrected chi connectivity index (χ0v) is 20.3. The van der Waals surface area contributed by atoms with Gasteiger partial charge in [-0.1, -0.05) is 62.0 Å². The van der Waals surface area contributed by atoms with Gasteiger partial charge in [0, 0.05) is 27.2 Å². The van der Waals surface area contributed by atoms with Crippen LogP contribution in [0.15, 0.2) is 46.9 Å². The van der Waals surface area contributed by atoms with E-state index in [4.69, 9.17) is 44.2 Å². The fourth-order valence-corrected chi connectivity index (χ4v) is 4.38. The van der Waals surface area contributed by atoms with Crippen molar-refractivity contribution < 1.29 is 4.42 Å². The Labute approximate surface area is 202 Å². The van der Waals surface area contributed by atoms with Gasteiger partial charge < -0.3 is 4.42 Å². The SMILES string of the molecule is CCCC(C)c1nnc(-c2nc(-c3ccc(Cl)cc3Cl)n(-c3ccc(Cl)cc3)c2CC)o1. The molecule has 0 saturated heterocycles. The predicted octanol–water partition coefficient (Wildman–Crippen LogP) is 8.02. The lowest BCUT2D eigenvalue weighted by molar-refractivity contribution is 0.451. The van der Waals surface area contributed by atoms with E-state index in [0.29, 0.717) is 44.8 Å². The lowest BCUT2D eigenvalue weighted by atomic mass is 10.1. The minimum atomic E-state index is 0.190. The number of benzene rings is 2. The summed E-state index contributed by atoms with van der Waals surface area (Å²) in [5.74, 6) is 1.88. The average molecular weight is 490 g/mol. The summed E-state index contributed by atoms with van der Waals surface area (Å²) in [5, 5.41) is 10.3. The highest BCUT2D eigenvalue weighted by Gasteiger charge is 2.25. The number of halogens is 3. The molecule has 0 spiro atoms. The zero-order chi connectivity index (χ0) is 22.8. The van der Waals surface area contributed by atoms with E-state index in [1.54, 1.807) is 12.1 Å². The van der Waals surface area contributed by atoms with Crippen LogP contribution in [0.2, 0.25) is 15.1 Å². The highest BCUT2D eigenvalue weighted by atomic mass is 35.5. The van der Waals surface area contributed by atoms with E-state index >= 15 is 0 Å². The minimum Gasteiger partial charge on any atom is -0.419 e. The highest BCUT2D eigenvalue weighted by molar-refractivity contribution is 6.36. The van der Waals surface area contributed by atoms with Crippen LogP contribution in [-0.2, 0) is 6.42 Å². The molecule has 32 heavy (non-hydrogen) atoms. The summed E-state index contributed by atoms with van der Waals surface area (Å²) in [5.41, 5.74) is 3.24. The first-order chi connectivity index (χ1) is 15.4. The molecule has 0 fully saturated rings. The van der Waals surface area contributed by atoms with E-state index in [0.717, 1.165) is 29.8 Å². The van der Waals surface area contributed by atoms with E-state index in [2.05, 4.69) is 35.5 Å². The third-order valence-corrected chi connectivity index (χ3v) is 6.15. The highest BCUT2D eigenvalue weighted by Crippen LogP contribution is 2.37. The Kier molecular flexibility index (Phi) is 6.89. The van der Waals surface area contributed by atoms with Gasteiger partial charge in [0.1, 0.15) is 11.5 Å². The van der Waals surface area contributed by atoms with Crippen molar-refractivity contribution in [1.82, 2.24) is 19.7 Å². The zero-order valence-electron chi connectivity index (χ0n) is 18.1. The molecule has 4 aromatic rings. The van der Waals surface area contributed by atoms with Crippen molar-refractivity contribution in [3.05, 3.63) is 69.1 Å². The smallest absolute Gasteiger partial charge is 0.268 e. The Morgan fingerprint density at radius 1 is 0.969 bits per heavy atom. The Morgan fingerprint density at radius 3 is 2.34 bits per heavy atom. The van der Waals surface area contributed by atoms with Crippen LogP contribution in [0, 0.1) is 0 Å². The van der Waals surface area contributed by atoms with Crippen molar-refractivity contribution in [2.45, 2.75) is 46.0 Å². The largest absolute Gasteiger partial charge is 0.419 e. The molecule has 0 N–H and O–H groups in total. The van der Waals surface area contributed by atoms with Crippen molar-refractivity contribution in [1.29, 1.82) is 0 Å². The van der Waals surface area contributed by atoms with Crippen LogP contribution in [-0.4, -0.2) is 19.7 Å². The lowest BCUT2D eigenvalue weighted by Crippen LogP contribution is -2.02. The van der Waals surface area contributed by atoms with E-state index < -0.39 is 0 Å². The minimum absolute atomic E-state index is 0.190. The van der Waals surface area contributed by atoms with Crippen molar-refractivity contribution in [2.24, 2.45) is 0 Å². The fourth-order valence-electron chi connectivity index (χ4n) is 3.76. The molecule has 166 valence electrons. The third-order valence-electron chi connectivity index (χ3n) is 5.35. The molecule has 4 rings (SSSR count). The molecule has 0 aliphatic rings. The van der Waals surface area contributed by atoms with Gasteiger partial charge in [-0.25, -0.2) is 4.98 Å². The van der Waals surface area contributed by atoms with Crippen molar-refractivity contribution in [2.75, 3.05) is 0 Å². The molecular formula is C24H23Cl3N4O. The van der Waals surface area contributed by atoms with E-state index in [1.165, 1.54) is 0 Å². The van der Waals surface area contributed by atoms with Gasteiger partial charge in [0.2, 0.25) is 5.89 Å². The van der Waals surface area contributed by atoms with Gasteiger partial charge in [-0.15, -0.1) is 10.2 Å². The van der Waals surface area contributed by atoms with Gasteiger partial charge in [0.05, 0.1) is 10.7 Å². The molecule has 8 heteroatoms. The molecule has 5 nitrogen and oxygen atoms in total. The lowest BCUT2D eigenvalue weighted by Gasteiger charge is -2.13. The molecule has 0 aliphatic heterocycles. The molecule has 0 radical (unpaired) electrons. The maximum Gasteiger partial charge on any atom is 0.268 e. The number of aromatic nitrogens is 4. The molecule has 2 heterocycles. The van der Waals surface area contributed by atoms with Crippen LogP contribution < -0.4 is 0 Å². The summed E-state index contributed by atoms with van der Waals surface area (Å²) in [4.78, 5) is 4.94.